The van der Waals surface area contributed by atoms with E-state index in [1.54, 1.807) is 0 Å². The van der Waals surface area contributed by atoms with Crippen molar-refractivity contribution in [2.24, 2.45) is 0 Å². The van der Waals surface area contributed by atoms with Gasteiger partial charge in [0.1, 0.15) is 0 Å². The molecule has 0 aromatic rings. The van der Waals surface area contributed by atoms with Gasteiger partial charge < -0.3 is 14.9 Å². The van der Waals surface area contributed by atoms with Crippen molar-refractivity contribution in [3.8, 4) is 0 Å². The lowest BCUT2D eigenvalue weighted by Gasteiger charge is -2.37. The van der Waals surface area contributed by atoms with Crippen molar-refractivity contribution in [1.29, 1.82) is 0 Å². The van der Waals surface area contributed by atoms with E-state index in [1.165, 1.54) is 51.7 Å². The highest BCUT2D eigenvalue weighted by atomic mass is 16.3. The van der Waals surface area contributed by atoms with Crippen molar-refractivity contribution in [1.82, 2.24) is 9.80 Å². The lowest BCUT2D eigenvalue weighted by Crippen LogP contribution is -2.46. The van der Waals surface area contributed by atoms with Gasteiger partial charge in [-0.1, -0.05) is 13.3 Å². The van der Waals surface area contributed by atoms with Crippen molar-refractivity contribution < 1.29 is 14.7 Å². The molecule has 1 atom stereocenters. The topological polar surface area (TPSA) is 60.9 Å². The average molecular weight is 298 g/mol. The molecule has 0 aromatic heterocycles. The average Bonchev–Trinajstić information content (AvgIpc) is 2.65. The van der Waals surface area contributed by atoms with Gasteiger partial charge in [0.15, 0.2) is 0 Å². The second-order valence-electron chi connectivity index (χ2n) is 6.02. The molecule has 5 heteroatoms. The number of rotatable bonds is 4. The normalized spacial score (nSPS) is 26.4. The van der Waals surface area contributed by atoms with E-state index in [2.05, 4.69) is 23.6 Å². The number of carboxylic acid groups (broad SMARTS) is 1. The van der Waals surface area contributed by atoms with Gasteiger partial charge in [0.2, 0.25) is 5.91 Å². The highest BCUT2D eigenvalue weighted by Gasteiger charge is 2.44. The summed E-state index contributed by atoms with van der Waals surface area (Å²) in [4.78, 5) is 25.1. The molecule has 0 aliphatic carbocycles. The number of hydrogen-bond donors (Lipinski definition) is 1. The minimum Gasteiger partial charge on any atom is -0.483 e. The van der Waals surface area contributed by atoms with Gasteiger partial charge in [0.05, 0.1) is 0 Å². The third-order valence-corrected chi connectivity index (χ3v) is 4.83. The van der Waals surface area contributed by atoms with Crippen LogP contribution in [0, 0.1) is 0 Å². The van der Waals surface area contributed by atoms with E-state index in [0.29, 0.717) is 5.91 Å². The molecule has 1 spiro atoms. The molecule has 2 saturated heterocycles. The third kappa shape index (κ3) is 4.70. The van der Waals surface area contributed by atoms with Gasteiger partial charge in [-0.25, -0.2) is 0 Å². The maximum Gasteiger partial charge on any atom is 0.290 e. The van der Waals surface area contributed by atoms with Crippen LogP contribution >= 0.6 is 0 Å². The minimum absolute atomic E-state index is 0.215. The van der Waals surface area contributed by atoms with Crippen LogP contribution in [0.1, 0.15) is 58.8 Å². The molecule has 0 saturated carbocycles. The van der Waals surface area contributed by atoms with Gasteiger partial charge in [0.25, 0.3) is 6.47 Å². The molecule has 2 rings (SSSR count). The summed E-state index contributed by atoms with van der Waals surface area (Å²) >= 11 is 0. The van der Waals surface area contributed by atoms with Crippen LogP contribution in [0.3, 0.4) is 0 Å². The van der Waals surface area contributed by atoms with Crippen molar-refractivity contribution >= 4 is 12.4 Å². The Labute approximate surface area is 128 Å². The summed E-state index contributed by atoms with van der Waals surface area (Å²) < 4.78 is 0. The fourth-order valence-corrected chi connectivity index (χ4v) is 3.75. The van der Waals surface area contributed by atoms with E-state index in [9.17, 15) is 4.79 Å². The second-order valence-corrected chi connectivity index (χ2v) is 6.02. The number of amides is 1. The standard InChI is InChI=1S/C15H28N2O.CH2O2/c1-3-5-11-16-12-6-8-15(10-13-16)9-7-14(18)17(15)4-2;2-1-3/h3-13H2,1-2H3;1H,(H,2,3). The van der Waals surface area contributed by atoms with Gasteiger partial charge in [-0.05, 0) is 52.1 Å². The number of unbranched alkanes of at least 4 members (excludes halogenated alkanes) is 1. The SMILES string of the molecule is CCCCN1CCCC2(CCC(=O)N2CC)CC1.O=CO. The van der Waals surface area contributed by atoms with Gasteiger partial charge in [-0.15, -0.1) is 0 Å². The fourth-order valence-electron chi connectivity index (χ4n) is 3.75. The van der Waals surface area contributed by atoms with E-state index >= 15 is 0 Å². The molecular weight excluding hydrogens is 268 g/mol. The van der Waals surface area contributed by atoms with Crippen LogP contribution in [0.4, 0.5) is 0 Å². The van der Waals surface area contributed by atoms with Crippen LogP contribution in [0.5, 0.6) is 0 Å². The first-order valence-electron chi connectivity index (χ1n) is 8.24. The van der Waals surface area contributed by atoms with E-state index in [4.69, 9.17) is 9.90 Å². The van der Waals surface area contributed by atoms with Crippen molar-refractivity contribution in [2.45, 2.75) is 64.3 Å². The molecule has 0 bridgehead atoms. The zero-order valence-corrected chi connectivity index (χ0v) is 13.5. The molecule has 2 fully saturated rings. The van der Waals surface area contributed by atoms with Crippen molar-refractivity contribution in [3.05, 3.63) is 0 Å². The lowest BCUT2D eigenvalue weighted by molar-refractivity contribution is -0.131. The van der Waals surface area contributed by atoms with Crippen LogP contribution in [-0.4, -0.2) is 59.0 Å². The first-order chi connectivity index (χ1) is 10.1. The zero-order chi connectivity index (χ0) is 15.7. The van der Waals surface area contributed by atoms with Crippen LogP contribution in [0.15, 0.2) is 0 Å². The minimum atomic E-state index is -0.250. The van der Waals surface area contributed by atoms with Crippen LogP contribution in [0.25, 0.3) is 0 Å². The maximum absolute atomic E-state index is 12.0. The predicted octanol–water partition coefficient (Wildman–Crippen LogP) is 2.35. The smallest absolute Gasteiger partial charge is 0.290 e. The monoisotopic (exact) mass is 298 g/mol. The van der Waals surface area contributed by atoms with E-state index in [-0.39, 0.29) is 12.0 Å². The molecule has 0 radical (unpaired) electrons. The number of likely N-dealkylation sites (tertiary alicyclic amines) is 2. The summed E-state index contributed by atoms with van der Waals surface area (Å²) in [7, 11) is 0. The molecule has 21 heavy (non-hydrogen) atoms. The molecule has 5 nitrogen and oxygen atoms in total. The second kappa shape index (κ2) is 9.03. The molecule has 2 aliphatic rings. The van der Waals surface area contributed by atoms with Crippen molar-refractivity contribution in [3.63, 3.8) is 0 Å². The van der Waals surface area contributed by atoms with E-state index in [0.717, 1.165) is 19.4 Å². The molecule has 1 N–H and O–H groups in total. The highest BCUT2D eigenvalue weighted by Crippen LogP contribution is 2.38. The summed E-state index contributed by atoms with van der Waals surface area (Å²) in [6, 6.07) is 0. The fraction of sp³-hybridized carbons (Fsp3) is 0.875. The zero-order valence-electron chi connectivity index (χ0n) is 13.5. The number of carbonyl (C=O) groups is 2. The van der Waals surface area contributed by atoms with Gasteiger partial charge in [-0.2, -0.15) is 0 Å². The molecule has 1 amide bonds. The van der Waals surface area contributed by atoms with Crippen molar-refractivity contribution in [2.75, 3.05) is 26.2 Å². The Hall–Kier alpha value is -1.10. The summed E-state index contributed by atoms with van der Waals surface area (Å²) in [5, 5.41) is 6.89. The van der Waals surface area contributed by atoms with Crippen LogP contribution in [0.2, 0.25) is 0 Å². The number of hydrogen-bond acceptors (Lipinski definition) is 3. The molecular formula is C16H30N2O3. The Morgan fingerprint density at radius 3 is 2.57 bits per heavy atom. The predicted molar refractivity (Wildman–Crippen MR) is 83.2 cm³/mol. The summed E-state index contributed by atoms with van der Waals surface area (Å²) in [6.07, 6.45) is 8.13. The molecule has 2 heterocycles. The largest absolute Gasteiger partial charge is 0.483 e. The maximum atomic E-state index is 12.0. The van der Waals surface area contributed by atoms with E-state index < -0.39 is 0 Å². The van der Waals surface area contributed by atoms with E-state index in [1.807, 2.05) is 0 Å². The Bertz CT molecular complexity index is 335. The Kier molecular flexibility index (Phi) is 7.72. The summed E-state index contributed by atoms with van der Waals surface area (Å²) in [5.74, 6) is 0.388. The Morgan fingerprint density at radius 2 is 1.95 bits per heavy atom. The first-order valence-corrected chi connectivity index (χ1v) is 8.24. The highest BCUT2D eigenvalue weighted by molar-refractivity contribution is 5.79. The first kappa shape index (κ1) is 18.0. The lowest BCUT2D eigenvalue weighted by atomic mass is 9.88. The summed E-state index contributed by atoms with van der Waals surface area (Å²) in [6.45, 7) is 8.69. The van der Waals surface area contributed by atoms with Gasteiger partial charge in [0, 0.05) is 25.0 Å². The van der Waals surface area contributed by atoms with Crippen LogP contribution < -0.4 is 0 Å². The summed E-state index contributed by atoms with van der Waals surface area (Å²) in [5.41, 5.74) is 0.215. The third-order valence-electron chi connectivity index (χ3n) is 4.83. The Balaban J connectivity index is 0.000000677. The molecule has 1 unspecified atom stereocenters. The molecule has 2 aliphatic heterocycles. The van der Waals surface area contributed by atoms with Gasteiger partial charge in [-0.3, -0.25) is 9.59 Å². The Morgan fingerprint density at radius 1 is 1.24 bits per heavy atom. The molecule has 122 valence electrons. The number of carbonyl (C=O) groups excluding carboxylic acids is 1. The van der Waals surface area contributed by atoms with Gasteiger partial charge >= 0.3 is 0 Å². The molecule has 0 aromatic carbocycles. The quantitative estimate of drug-likeness (QED) is 0.809. The van der Waals surface area contributed by atoms with Crippen LogP contribution in [-0.2, 0) is 9.59 Å². The number of nitrogens with zero attached hydrogens (tertiary/aromatic N) is 2.